The molecule has 3 unspecified atom stereocenters. The minimum atomic E-state index is 0.235. The molecule has 13 heavy (non-hydrogen) atoms. The highest BCUT2D eigenvalue weighted by molar-refractivity contribution is 5.53. The molecule has 0 amide bonds. The van der Waals surface area contributed by atoms with Crippen LogP contribution in [0.3, 0.4) is 0 Å². The van der Waals surface area contributed by atoms with Crippen LogP contribution in [0.4, 0.5) is 0 Å². The standard InChI is InChI=1S/C11H21NO/c1-8(7-13)11-5-9(2)12(4)10(3)6-11/h7-11H,5-6H2,1-4H3. The first-order chi connectivity index (χ1) is 6.06. The van der Waals surface area contributed by atoms with Crippen molar-refractivity contribution in [1.29, 1.82) is 0 Å². The summed E-state index contributed by atoms with van der Waals surface area (Å²) in [5, 5.41) is 0. The van der Waals surface area contributed by atoms with E-state index in [0.717, 1.165) is 6.29 Å². The van der Waals surface area contributed by atoms with E-state index < -0.39 is 0 Å². The van der Waals surface area contributed by atoms with E-state index in [1.165, 1.54) is 12.8 Å². The maximum absolute atomic E-state index is 10.7. The summed E-state index contributed by atoms with van der Waals surface area (Å²) in [6.07, 6.45) is 3.44. The fraction of sp³-hybridized carbons (Fsp3) is 0.909. The van der Waals surface area contributed by atoms with E-state index in [0.29, 0.717) is 18.0 Å². The molecule has 0 aromatic carbocycles. The lowest BCUT2D eigenvalue weighted by Gasteiger charge is -2.41. The number of rotatable bonds is 2. The normalized spacial score (nSPS) is 38.6. The van der Waals surface area contributed by atoms with E-state index in [1.807, 2.05) is 6.92 Å². The highest BCUT2D eigenvalue weighted by Crippen LogP contribution is 2.30. The molecule has 3 atom stereocenters. The first-order valence-electron chi connectivity index (χ1n) is 5.23. The molecule has 0 N–H and O–H groups in total. The molecule has 0 aromatic heterocycles. The second-order valence-corrected chi connectivity index (χ2v) is 4.59. The van der Waals surface area contributed by atoms with Crippen molar-refractivity contribution in [2.75, 3.05) is 7.05 Å². The van der Waals surface area contributed by atoms with Crippen LogP contribution in [-0.4, -0.2) is 30.3 Å². The predicted octanol–water partition coefficient (Wildman–Crippen LogP) is 1.94. The summed E-state index contributed by atoms with van der Waals surface area (Å²) in [6.45, 7) is 6.54. The Labute approximate surface area is 81.3 Å². The van der Waals surface area contributed by atoms with Gasteiger partial charge in [-0.1, -0.05) is 6.92 Å². The van der Waals surface area contributed by atoms with E-state index in [2.05, 4.69) is 25.8 Å². The van der Waals surface area contributed by atoms with Crippen LogP contribution in [0, 0.1) is 11.8 Å². The average Bonchev–Trinajstić information content (AvgIpc) is 2.12. The smallest absolute Gasteiger partial charge is 0.123 e. The van der Waals surface area contributed by atoms with Gasteiger partial charge in [-0.15, -0.1) is 0 Å². The molecular weight excluding hydrogens is 162 g/mol. The first kappa shape index (κ1) is 10.7. The van der Waals surface area contributed by atoms with Crippen molar-refractivity contribution in [1.82, 2.24) is 4.90 Å². The van der Waals surface area contributed by atoms with Crippen LogP contribution in [0.25, 0.3) is 0 Å². The number of hydrogen-bond acceptors (Lipinski definition) is 2. The average molecular weight is 183 g/mol. The fourth-order valence-corrected chi connectivity index (χ4v) is 2.28. The maximum atomic E-state index is 10.7. The molecule has 2 heteroatoms. The van der Waals surface area contributed by atoms with Gasteiger partial charge < -0.3 is 9.69 Å². The Hall–Kier alpha value is -0.370. The van der Waals surface area contributed by atoms with E-state index in [9.17, 15) is 4.79 Å². The second kappa shape index (κ2) is 4.23. The van der Waals surface area contributed by atoms with E-state index in [1.54, 1.807) is 0 Å². The Morgan fingerprint density at radius 3 is 2.15 bits per heavy atom. The largest absolute Gasteiger partial charge is 0.303 e. The van der Waals surface area contributed by atoms with Gasteiger partial charge in [0.1, 0.15) is 6.29 Å². The highest BCUT2D eigenvalue weighted by Gasteiger charge is 2.30. The molecule has 0 aliphatic carbocycles. The van der Waals surface area contributed by atoms with E-state index >= 15 is 0 Å². The van der Waals surface area contributed by atoms with Crippen molar-refractivity contribution in [2.45, 2.75) is 45.7 Å². The van der Waals surface area contributed by atoms with Crippen molar-refractivity contribution in [3.8, 4) is 0 Å². The van der Waals surface area contributed by atoms with Crippen LogP contribution in [0.15, 0.2) is 0 Å². The Morgan fingerprint density at radius 1 is 1.31 bits per heavy atom. The first-order valence-corrected chi connectivity index (χ1v) is 5.23. The quantitative estimate of drug-likeness (QED) is 0.610. The summed E-state index contributed by atoms with van der Waals surface area (Å²) in [5.74, 6) is 0.831. The Kier molecular flexibility index (Phi) is 3.48. The minimum absolute atomic E-state index is 0.235. The van der Waals surface area contributed by atoms with Crippen molar-refractivity contribution in [3.05, 3.63) is 0 Å². The van der Waals surface area contributed by atoms with Crippen molar-refractivity contribution in [3.63, 3.8) is 0 Å². The van der Waals surface area contributed by atoms with Gasteiger partial charge in [0.05, 0.1) is 0 Å². The molecule has 1 fully saturated rings. The number of carbonyl (C=O) groups is 1. The molecule has 0 aromatic rings. The number of hydrogen-bond donors (Lipinski definition) is 0. The van der Waals surface area contributed by atoms with Crippen LogP contribution < -0.4 is 0 Å². The molecule has 2 nitrogen and oxygen atoms in total. The summed E-state index contributed by atoms with van der Waals surface area (Å²) in [5.41, 5.74) is 0. The Morgan fingerprint density at radius 2 is 1.77 bits per heavy atom. The third kappa shape index (κ3) is 2.31. The summed E-state index contributed by atoms with van der Waals surface area (Å²) in [4.78, 5) is 13.1. The van der Waals surface area contributed by atoms with Gasteiger partial charge in [-0.3, -0.25) is 0 Å². The number of nitrogens with zero attached hydrogens (tertiary/aromatic N) is 1. The lowest BCUT2D eigenvalue weighted by atomic mass is 9.80. The van der Waals surface area contributed by atoms with Crippen molar-refractivity contribution in [2.24, 2.45) is 11.8 Å². The van der Waals surface area contributed by atoms with Gasteiger partial charge in [-0.05, 0) is 39.7 Å². The van der Waals surface area contributed by atoms with Gasteiger partial charge in [0.15, 0.2) is 0 Å². The number of likely N-dealkylation sites (tertiary alicyclic amines) is 1. The lowest BCUT2D eigenvalue weighted by Crippen LogP contribution is -2.45. The lowest BCUT2D eigenvalue weighted by molar-refractivity contribution is -0.113. The van der Waals surface area contributed by atoms with Gasteiger partial charge >= 0.3 is 0 Å². The van der Waals surface area contributed by atoms with Crippen molar-refractivity contribution < 1.29 is 4.79 Å². The molecule has 1 saturated heterocycles. The van der Waals surface area contributed by atoms with Gasteiger partial charge in [-0.2, -0.15) is 0 Å². The maximum Gasteiger partial charge on any atom is 0.123 e. The SMILES string of the molecule is CC(C=O)C1CC(C)N(C)C(C)C1. The fourth-order valence-electron chi connectivity index (χ4n) is 2.28. The molecule has 0 radical (unpaired) electrons. The monoisotopic (exact) mass is 183 g/mol. The van der Waals surface area contributed by atoms with E-state index in [-0.39, 0.29) is 5.92 Å². The summed E-state index contributed by atoms with van der Waals surface area (Å²) in [7, 11) is 2.18. The van der Waals surface area contributed by atoms with Crippen LogP contribution in [0.2, 0.25) is 0 Å². The number of aldehydes is 1. The van der Waals surface area contributed by atoms with Gasteiger partial charge in [0, 0.05) is 18.0 Å². The minimum Gasteiger partial charge on any atom is -0.303 e. The number of carbonyl (C=O) groups excluding carboxylic acids is 1. The summed E-state index contributed by atoms with van der Waals surface area (Å²) < 4.78 is 0. The highest BCUT2D eigenvalue weighted by atomic mass is 16.1. The Balaban J connectivity index is 2.57. The molecule has 76 valence electrons. The number of piperidine rings is 1. The molecule has 0 spiro atoms. The van der Waals surface area contributed by atoms with Crippen molar-refractivity contribution >= 4 is 6.29 Å². The van der Waals surface area contributed by atoms with Gasteiger partial charge in [-0.25, -0.2) is 0 Å². The summed E-state index contributed by atoms with van der Waals surface area (Å²) >= 11 is 0. The third-order valence-corrected chi connectivity index (χ3v) is 3.64. The molecule has 0 saturated carbocycles. The zero-order valence-electron chi connectivity index (χ0n) is 9.16. The Bertz CT molecular complexity index is 169. The third-order valence-electron chi connectivity index (χ3n) is 3.64. The zero-order chi connectivity index (χ0) is 10.0. The van der Waals surface area contributed by atoms with E-state index in [4.69, 9.17) is 0 Å². The second-order valence-electron chi connectivity index (χ2n) is 4.59. The molecule has 1 heterocycles. The summed E-state index contributed by atoms with van der Waals surface area (Å²) in [6, 6.07) is 1.24. The molecule has 1 rings (SSSR count). The van der Waals surface area contributed by atoms with Gasteiger partial charge in [0.25, 0.3) is 0 Å². The predicted molar refractivity (Wildman–Crippen MR) is 54.6 cm³/mol. The molecule has 0 bridgehead atoms. The molecular formula is C11H21NO. The van der Waals surface area contributed by atoms with Gasteiger partial charge in [0.2, 0.25) is 0 Å². The van der Waals surface area contributed by atoms with Crippen LogP contribution in [0.1, 0.15) is 33.6 Å². The van der Waals surface area contributed by atoms with Crippen LogP contribution in [-0.2, 0) is 4.79 Å². The molecule has 1 aliphatic rings. The molecule has 1 aliphatic heterocycles. The topological polar surface area (TPSA) is 20.3 Å². The zero-order valence-corrected chi connectivity index (χ0v) is 9.16. The van der Waals surface area contributed by atoms with Crippen LogP contribution >= 0.6 is 0 Å². The van der Waals surface area contributed by atoms with Crippen LogP contribution in [0.5, 0.6) is 0 Å².